The van der Waals surface area contributed by atoms with Gasteiger partial charge in [-0.2, -0.15) is 8.42 Å². The molecule has 1 heterocycles. The van der Waals surface area contributed by atoms with E-state index in [0.29, 0.717) is 0 Å². The van der Waals surface area contributed by atoms with Gasteiger partial charge in [-0.15, -0.1) is 0 Å². The first-order valence-corrected chi connectivity index (χ1v) is 12.4. The van der Waals surface area contributed by atoms with Gasteiger partial charge in [0.05, 0.1) is 13.2 Å². The van der Waals surface area contributed by atoms with Gasteiger partial charge in [0.1, 0.15) is 17.0 Å². The van der Waals surface area contributed by atoms with Gasteiger partial charge in [-0.3, -0.25) is 4.55 Å². The second kappa shape index (κ2) is 6.60. The van der Waals surface area contributed by atoms with E-state index >= 15 is 0 Å². The molecular formula is C15H32O7SSi. The van der Waals surface area contributed by atoms with Crippen molar-refractivity contribution in [3.63, 3.8) is 0 Å². The molecule has 0 amide bonds. The Bertz CT molecular complexity index is 553. The molecule has 1 aliphatic heterocycles. The van der Waals surface area contributed by atoms with Crippen molar-refractivity contribution in [1.82, 2.24) is 0 Å². The van der Waals surface area contributed by atoms with Crippen LogP contribution >= 0.6 is 0 Å². The lowest BCUT2D eigenvalue weighted by molar-refractivity contribution is -0.152. The van der Waals surface area contributed by atoms with Crippen LogP contribution in [0, 0.1) is 0 Å². The van der Waals surface area contributed by atoms with E-state index in [1.165, 1.54) is 6.92 Å². The van der Waals surface area contributed by atoms with Crippen LogP contribution in [-0.2, 0) is 24.0 Å². The molecule has 1 rings (SSSR count). The fourth-order valence-electron chi connectivity index (χ4n) is 2.33. The summed E-state index contributed by atoms with van der Waals surface area (Å²) in [6, 6.07) is 0. The lowest BCUT2D eigenvalue weighted by Crippen LogP contribution is -2.57. The summed E-state index contributed by atoms with van der Waals surface area (Å²) >= 11 is 0. The molecule has 0 aliphatic carbocycles. The summed E-state index contributed by atoms with van der Waals surface area (Å²) in [6.07, 6.45) is -1.91. The fraction of sp³-hybridized carbons (Fsp3) is 1.00. The van der Waals surface area contributed by atoms with Gasteiger partial charge in [-0.25, -0.2) is 0 Å². The maximum absolute atomic E-state index is 12.2. The SMILES string of the molecule is CC1(C)O[C@@H]([C@](C)(CO[Si](C)(C)C(C)(C)C)S(=O)(=O)O)[C@@H](CO)O1. The number of aliphatic hydroxyl groups is 1. The van der Waals surface area contributed by atoms with Crippen molar-refractivity contribution in [1.29, 1.82) is 0 Å². The molecular weight excluding hydrogens is 352 g/mol. The summed E-state index contributed by atoms with van der Waals surface area (Å²) in [7, 11) is -6.77. The van der Waals surface area contributed by atoms with Crippen LogP contribution in [-0.4, -0.2) is 62.4 Å². The second-order valence-electron chi connectivity index (χ2n) is 8.61. The summed E-state index contributed by atoms with van der Waals surface area (Å²) in [6.45, 7) is 14.1. The molecule has 0 radical (unpaired) electrons. The van der Waals surface area contributed by atoms with Gasteiger partial charge in [0.15, 0.2) is 14.1 Å². The normalized spacial score (nSPS) is 27.9. The van der Waals surface area contributed by atoms with Crippen LogP contribution in [0.5, 0.6) is 0 Å². The van der Waals surface area contributed by atoms with Gasteiger partial charge in [-0.1, -0.05) is 20.8 Å². The maximum atomic E-state index is 12.2. The number of hydrogen-bond donors (Lipinski definition) is 2. The van der Waals surface area contributed by atoms with E-state index in [4.69, 9.17) is 13.9 Å². The van der Waals surface area contributed by atoms with Crippen LogP contribution in [0.3, 0.4) is 0 Å². The third-order valence-corrected chi connectivity index (χ3v) is 11.1. The first-order valence-electron chi connectivity index (χ1n) is 8.04. The number of aliphatic hydroxyl groups excluding tert-OH is 1. The van der Waals surface area contributed by atoms with E-state index in [1.54, 1.807) is 13.8 Å². The zero-order valence-electron chi connectivity index (χ0n) is 15.9. The lowest BCUT2D eigenvalue weighted by Gasteiger charge is -2.40. The average Bonchev–Trinajstić information content (AvgIpc) is 2.69. The van der Waals surface area contributed by atoms with E-state index in [-0.39, 0.29) is 11.6 Å². The molecule has 1 saturated heterocycles. The minimum absolute atomic E-state index is 0.115. The molecule has 0 aromatic carbocycles. The fourth-order valence-corrected chi connectivity index (χ4v) is 4.23. The van der Waals surface area contributed by atoms with Crippen LogP contribution in [0.15, 0.2) is 0 Å². The highest BCUT2D eigenvalue weighted by Gasteiger charge is 2.57. The first-order chi connectivity index (χ1) is 10.5. The van der Waals surface area contributed by atoms with E-state index in [9.17, 15) is 18.1 Å². The highest BCUT2D eigenvalue weighted by atomic mass is 32.2. The zero-order chi connectivity index (χ0) is 19.2. The predicted octanol–water partition coefficient (Wildman–Crippen LogP) is 2.17. The Labute approximate surface area is 146 Å². The van der Waals surface area contributed by atoms with Crippen molar-refractivity contribution < 1.29 is 32.0 Å². The Balaban J connectivity index is 3.18. The largest absolute Gasteiger partial charge is 0.415 e. The summed E-state index contributed by atoms with van der Waals surface area (Å²) in [5.74, 6) is -1.05. The molecule has 0 saturated carbocycles. The molecule has 0 aromatic heterocycles. The number of ether oxygens (including phenoxy) is 2. The lowest BCUT2D eigenvalue weighted by atomic mass is 10.00. The molecule has 0 bridgehead atoms. The standard InChI is InChI=1S/C15H32O7SSi/c1-13(2,3)24(7,8)20-10-15(6,23(17,18)19)12-11(9-16)21-14(4,5)22-12/h11-12,16H,9-10H2,1-8H3,(H,17,18,19)/t11-,12-,15+/m1/s1. The Morgan fingerprint density at radius 3 is 2.04 bits per heavy atom. The van der Waals surface area contributed by atoms with E-state index in [2.05, 4.69) is 0 Å². The molecule has 3 atom stereocenters. The van der Waals surface area contributed by atoms with Crippen molar-refractivity contribution in [2.45, 2.75) is 82.4 Å². The average molecular weight is 385 g/mol. The summed E-state index contributed by atoms with van der Waals surface area (Å²) in [4.78, 5) is 0. The van der Waals surface area contributed by atoms with E-state index in [0.717, 1.165) is 0 Å². The topological polar surface area (TPSA) is 102 Å². The first kappa shape index (κ1) is 22.0. The minimum Gasteiger partial charge on any atom is -0.415 e. The van der Waals surface area contributed by atoms with Crippen LogP contribution < -0.4 is 0 Å². The molecule has 0 spiro atoms. The second-order valence-corrected chi connectivity index (χ2v) is 15.3. The molecule has 0 aromatic rings. The van der Waals surface area contributed by atoms with E-state index in [1.807, 2.05) is 33.9 Å². The summed E-state index contributed by atoms with van der Waals surface area (Å²) in [5, 5.41) is 9.43. The third kappa shape index (κ3) is 4.38. The summed E-state index contributed by atoms with van der Waals surface area (Å²) in [5.41, 5.74) is 0. The van der Waals surface area contributed by atoms with Crippen molar-refractivity contribution in [3.05, 3.63) is 0 Å². The van der Waals surface area contributed by atoms with Crippen LogP contribution in [0.4, 0.5) is 0 Å². The molecule has 1 fully saturated rings. The van der Waals surface area contributed by atoms with Crippen LogP contribution in [0.2, 0.25) is 18.1 Å². The number of rotatable bonds is 6. The van der Waals surface area contributed by atoms with Crippen molar-refractivity contribution in [3.8, 4) is 0 Å². The number of hydrogen-bond acceptors (Lipinski definition) is 6. The van der Waals surface area contributed by atoms with Crippen LogP contribution in [0.25, 0.3) is 0 Å². The Morgan fingerprint density at radius 1 is 1.17 bits per heavy atom. The van der Waals surface area contributed by atoms with Crippen molar-refractivity contribution in [2.24, 2.45) is 0 Å². The van der Waals surface area contributed by atoms with E-state index < -0.39 is 47.8 Å². The van der Waals surface area contributed by atoms with Gasteiger partial charge in [0.2, 0.25) is 0 Å². The molecule has 0 unspecified atom stereocenters. The Hall–Kier alpha value is -0.0331. The molecule has 7 nitrogen and oxygen atoms in total. The van der Waals surface area contributed by atoms with Crippen LogP contribution in [0.1, 0.15) is 41.5 Å². The molecule has 9 heteroatoms. The summed E-state index contributed by atoms with van der Waals surface area (Å²) < 4.78 is 49.7. The molecule has 1 aliphatic rings. The minimum atomic E-state index is -4.53. The van der Waals surface area contributed by atoms with Crippen molar-refractivity contribution in [2.75, 3.05) is 13.2 Å². The zero-order valence-corrected chi connectivity index (χ0v) is 17.7. The van der Waals surface area contributed by atoms with Gasteiger partial charge >= 0.3 is 0 Å². The van der Waals surface area contributed by atoms with Gasteiger partial charge < -0.3 is 19.0 Å². The molecule has 24 heavy (non-hydrogen) atoms. The predicted molar refractivity (Wildman–Crippen MR) is 94.0 cm³/mol. The third-order valence-electron chi connectivity index (χ3n) is 5.08. The van der Waals surface area contributed by atoms with Gasteiger partial charge in [0.25, 0.3) is 10.1 Å². The highest BCUT2D eigenvalue weighted by Crippen LogP contribution is 2.41. The maximum Gasteiger partial charge on any atom is 0.275 e. The van der Waals surface area contributed by atoms with Gasteiger partial charge in [0, 0.05) is 0 Å². The Kier molecular flexibility index (Phi) is 6.06. The molecule has 144 valence electrons. The Morgan fingerprint density at radius 2 is 1.67 bits per heavy atom. The molecule has 2 N–H and O–H groups in total. The van der Waals surface area contributed by atoms with Gasteiger partial charge in [-0.05, 0) is 38.9 Å². The van der Waals surface area contributed by atoms with Crippen molar-refractivity contribution >= 4 is 18.4 Å². The smallest absolute Gasteiger partial charge is 0.275 e. The highest BCUT2D eigenvalue weighted by molar-refractivity contribution is 7.87. The monoisotopic (exact) mass is 384 g/mol. The quantitative estimate of drug-likeness (QED) is 0.534.